The minimum atomic E-state index is -0.283. The molecule has 3 heterocycles. The fourth-order valence-corrected chi connectivity index (χ4v) is 4.10. The zero-order chi connectivity index (χ0) is 18.3. The number of hydrogen-bond acceptors (Lipinski definition) is 3. The van der Waals surface area contributed by atoms with Gasteiger partial charge in [-0.3, -0.25) is 4.79 Å². The SMILES string of the molecule is Cc1ccn2cc(-c3ccc(NC(=O)c4cc(Cl)sc4Cl)cc3)nc2c1. The second-order valence-electron chi connectivity index (χ2n) is 5.87. The molecule has 7 heteroatoms. The van der Waals surface area contributed by atoms with Crippen LogP contribution in [0.4, 0.5) is 5.69 Å². The molecule has 0 saturated carbocycles. The molecule has 3 aromatic heterocycles. The van der Waals surface area contributed by atoms with Crippen molar-refractivity contribution >= 4 is 51.8 Å². The van der Waals surface area contributed by atoms with Crippen molar-refractivity contribution in [3.8, 4) is 11.3 Å². The number of rotatable bonds is 3. The molecule has 0 radical (unpaired) electrons. The quantitative estimate of drug-likeness (QED) is 0.462. The van der Waals surface area contributed by atoms with Gasteiger partial charge in [-0.2, -0.15) is 0 Å². The van der Waals surface area contributed by atoms with Crippen LogP contribution in [0.25, 0.3) is 16.9 Å². The maximum absolute atomic E-state index is 12.3. The summed E-state index contributed by atoms with van der Waals surface area (Å²) >= 11 is 13.1. The fourth-order valence-electron chi connectivity index (χ4n) is 2.64. The van der Waals surface area contributed by atoms with Crippen LogP contribution in [0.5, 0.6) is 0 Å². The molecule has 4 rings (SSSR count). The van der Waals surface area contributed by atoms with Crippen molar-refractivity contribution in [1.29, 1.82) is 0 Å². The van der Waals surface area contributed by atoms with Crippen LogP contribution < -0.4 is 5.32 Å². The summed E-state index contributed by atoms with van der Waals surface area (Å²) in [5.41, 5.74) is 4.97. The monoisotopic (exact) mass is 401 g/mol. The van der Waals surface area contributed by atoms with Gasteiger partial charge in [-0.05, 0) is 42.8 Å². The van der Waals surface area contributed by atoms with E-state index in [2.05, 4.69) is 10.3 Å². The average Bonchev–Trinajstić information content (AvgIpc) is 3.17. The van der Waals surface area contributed by atoms with Crippen LogP contribution in [0.3, 0.4) is 0 Å². The van der Waals surface area contributed by atoms with Crippen molar-refractivity contribution in [2.45, 2.75) is 6.92 Å². The summed E-state index contributed by atoms with van der Waals surface area (Å²) in [6.45, 7) is 2.04. The minimum absolute atomic E-state index is 0.283. The summed E-state index contributed by atoms with van der Waals surface area (Å²) in [6.07, 6.45) is 3.97. The van der Waals surface area contributed by atoms with Gasteiger partial charge in [0.15, 0.2) is 0 Å². The summed E-state index contributed by atoms with van der Waals surface area (Å²) in [6, 6.07) is 13.2. The van der Waals surface area contributed by atoms with E-state index < -0.39 is 0 Å². The lowest BCUT2D eigenvalue weighted by Crippen LogP contribution is -2.11. The molecule has 0 fully saturated rings. The number of carbonyl (C=O) groups excluding carboxylic acids is 1. The predicted molar refractivity (Wildman–Crippen MR) is 108 cm³/mol. The molecule has 4 aromatic rings. The Morgan fingerprint density at radius 3 is 2.62 bits per heavy atom. The third-order valence-corrected chi connectivity index (χ3v) is 5.44. The number of aromatic nitrogens is 2. The number of halogens is 2. The molecule has 1 N–H and O–H groups in total. The van der Waals surface area contributed by atoms with Gasteiger partial charge in [0.2, 0.25) is 0 Å². The lowest BCUT2D eigenvalue weighted by Gasteiger charge is -2.05. The Kier molecular flexibility index (Phi) is 4.44. The van der Waals surface area contributed by atoms with Crippen LogP contribution in [0, 0.1) is 6.92 Å². The highest BCUT2D eigenvalue weighted by atomic mass is 35.5. The van der Waals surface area contributed by atoms with Gasteiger partial charge < -0.3 is 9.72 Å². The van der Waals surface area contributed by atoms with Crippen molar-refractivity contribution in [2.24, 2.45) is 0 Å². The van der Waals surface area contributed by atoms with Crippen LogP contribution >= 0.6 is 34.5 Å². The zero-order valence-electron chi connectivity index (χ0n) is 13.7. The van der Waals surface area contributed by atoms with Gasteiger partial charge in [0, 0.05) is 23.6 Å². The summed E-state index contributed by atoms with van der Waals surface area (Å²) in [5.74, 6) is -0.283. The maximum atomic E-state index is 12.3. The number of pyridine rings is 1. The number of imidazole rings is 1. The third kappa shape index (κ3) is 3.33. The molecule has 0 atom stereocenters. The van der Waals surface area contributed by atoms with Gasteiger partial charge in [0.25, 0.3) is 5.91 Å². The molecule has 0 spiro atoms. The van der Waals surface area contributed by atoms with E-state index in [1.165, 1.54) is 16.9 Å². The largest absolute Gasteiger partial charge is 0.322 e. The minimum Gasteiger partial charge on any atom is -0.322 e. The van der Waals surface area contributed by atoms with E-state index in [0.717, 1.165) is 16.9 Å². The number of fused-ring (bicyclic) bond motifs is 1. The Morgan fingerprint density at radius 2 is 1.92 bits per heavy atom. The molecular formula is C19H13Cl2N3OS. The number of nitrogens with zero attached hydrogens (tertiary/aromatic N) is 2. The topological polar surface area (TPSA) is 46.4 Å². The van der Waals surface area contributed by atoms with Gasteiger partial charge in [-0.1, -0.05) is 35.3 Å². The molecule has 0 aliphatic carbocycles. The van der Waals surface area contributed by atoms with E-state index in [4.69, 9.17) is 23.2 Å². The number of carbonyl (C=O) groups is 1. The van der Waals surface area contributed by atoms with Crippen LogP contribution in [-0.4, -0.2) is 15.3 Å². The highest BCUT2D eigenvalue weighted by Gasteiger charge is 2.14. The van der Waals surface area contributed by atoms with Gasteiger partial charge in [-0.25, -0.2) is 4.98 Å². The standard InChI is InChI=1S/C19H13Cl2N3OS/c1-11-6-7-24-10-15(23-17(24)8-11)12-2-4-13(5-3-12)22-19(25)14-9-16(20)26-18(14)21/h2-10H,1H3,(H,22,25). The number of amides is 1. The lowest BCUT2D eigenvalue weighted by atomic mass is 10.1. The van der Waals surface area contributed by atoms with Gasteiger partial charge >= 0.3 is 0 Å². The van der Waals surface area contributed by atoms with Crippen molar-refractivity contribution in [1.82, 2.24) is 9.38 Å². The maximum Gasteiger partial charge on any atom is 0.258 e. The molecule has 0 bridgehead atoms. The third-order valence-electron chi connectivity index (χ3n) is 3.96. The second-order valence-corrected chi connectivity index (χ2v) is 8.15. The molecule has 0 unspecified atom stereocenters. The van der Waals surface area contributed by atoms with Gasteiger partial charge in [-0.15, -0.1) is 11.3 Å². The van der Waals surface area contributed by atoms with Crippen LogP contribution in [0.2, 0.25) is 8.67 Å². The lowest BCUT2D eigenvalue weighted by molar-refractivity contribution is 0.102. The Balaban J connectivity index is 1.56. The smallest absolute Gasteiger partial charge is 0.258 e. The Morgan fingerprint density at radius 1 is 1.15 bits per heavy atom. The van der Waals surface area contributed by atoms with Crippen molar-refractivity contribution in [3.05, 3.63) is 74.7 Å². The first-order valence-corrected chi connectivity index (χ1v) is 9.39. The van der Waals surface area contributed by atoms with Crippen molar-refractivity contribution in [3.63, 3.8) is 0 Å². The Hall–Kier alpha value is -2.34. The van der Waals surface area contributed by atoms with E-state index >= 15 is 0 Å². The number of thiophene rings is 1. The van der Waals surface area contributed by atoms with Gasteiger partial charge in [0.1, 0.15) is 9.98 Å². The van der Waals surface area contributed by atoms with Gasteiger partial charge in [0.05, 0.1) is 15.6 Å². The fraction of sp³-hybridized carbons (Fsp3) is 0.0526. The molecule has 0 aliphatic heterocycles. The molecule has 4 nitrogen and oxygen atoms in total. The van der Waals surface area contributed by atoms with Crippen LogP contribution in [0.15, 0.2) is 54.9 Å². The predicted octanol–water partition coefficient (Wildman–Crippen LogP) is 5.93. The number of anilines is 1. The highest BCUT2D eigenvalue weighted by Crippen LogP contribution is 2.31. The number of aryl methyl sites for hydroxylation is 1. The molecule has 26 heavy (non-hydrogen) atoms. The first-order chi connectivity index (χ1) is 12.5. The molecule has 1 aromatic carbocycles. The van der Waals surface area contributed by atoms with Crippen LogP contribution in [0.1, 0.15) is 15.9 Å². The number of benzene rings is 1. The van der Waals surface area contributed by atoms with Crippen LogP contribution in [-0.2, 0) is 0 Å². The van der Waals surface area contributed by atoms with E-state index in [9.17, 15) is 4.79 Å². The number of hydrogen-bond donors (Lipinski definition) is 1. The Bertz CT molecular complexity index is 1120. The van der Waals surface area contributed by atoms with E-state index in [1.54, 1.807) is 6.07 Å². The molecule has 1 amide bonds. The zero-order valence-corrected chi connectivity index (χ0v) is 16.0. The van der Waals surface area contributed by atoms with Crippen molar-refractivity contribution in [2.75, 3.05) is 5.32 Å². The average molecular weight is 402 g/mol. The summed E-state index contributed by atoms with van der Waals surface area (Å²) in [4.78, 5) is 16.9. The summed E-state index contributed by atoms with van der Waals surface area (Å²) in [5, 5.41) is 2.82. The van der Waals surface area contributed by atoms with E-state index in [1.807, 2.05) is 60.1 Å². The first-order valence-electron chi connectivity index (χ1n) is 7.81. The number of nitrogens with one attached hydrogen (secondary N) is 1. The highest BCUT2D eigenvalue weighted by molar-refractivity contribution is 7.20. The molecule has 0 aliphatic rings. The Labute approximate surface area is 164 Å². The second kappa shape index (κ2) is 6.76. The van der Waals surface area contributed by atoms with E-state index in [0.29, 0.717) is 19.9 Å². The van der Waals surface area contributed by atoms with Crippen molar-refractivity contribution < 1.29 is 4.79 Å². The van der Waals surface area contributed by atoms with E-state index in [-0.39, 0.29) is 5.91 Å². The molecule has 130 valence electrons. The summed E-state index contributed by atoms with van der Waals surface area (Å²) in [7, 11) is 0. The molecule has 0 saturated heterocycles. The molecular weight excluding hydrogens is 389 g/mol. The summed E-state index contributed by atoms with van der Waals surface area (Å²) < 4.78 is 2.85. The first kappa shape index (κ1) is 17.1. The normalized spacial score (nSPS) is 11.0.